The van der Waals surface area contributed by atoms with E-state index in [4.69, 9.17) is 37.9 Å². The Labute approximate surface area is 235 Å². The molecule has 40 heavy (non-hydrogen) atoms. The zero-order chi connectivity index (χ0) is 29.0. The lowest BCUT2D eigenvalue weighted by molar-refractivity contribution is -0.141. The molecule has 0 saturated heterocycles. The van der Waals surface area contributed by atoms with Crippen molar-refractivity contribution in [1.29, 1.82) is 0 Å². The molecule has 0 aliphatic carbocycles. The van der Waals surface area contributed by atoms with Crippen LogP contribution < -0.4 is 9.47 Å². The third kappa shape index (κ3) is 13.1. The predicted molar refractivity (Wildman–Crippen MR) is 150 cm³/mol. The van der Waals surface area contributed by atoms with E-state index in [0.717, 1.165) is 22.3 Å². The van der Waals surface area contributed by atoms with Crippen molar-refractivity contribution in [2.45, 2.75) is 13.8 Å². The number of hydrogen-bond donors (Lipinski definition) is 0. The molecule has 10 heteroatoms. The molecule has 0 aromatic heterocycles. The van der Waals surface area contributed by atoms with Crippen LogP contribution in [0.5, 0.6) is 11.5 Å². The van der Waals surface area contributed by atoms with E-state index < -0.39 is 11.9 Å². The number of fused-ring (bicyclic) bond motifs is 1. The first-order valence-electron chi connectivity index (χ1n) is 13.1. The molecule has 0 atom stereocenters. The van der Waals surface area contributed by atoms with Crippen LogP contribution in [0.2, 0.25) is 0 Å². The number of carbonyl (C=O) groups excluding carboxylic acids is 2. The first-order valence-corrected chi connectivity index (χ1v) is 13.1. The summed E-state index contributed by atoms with van der Waals surface area (Å²) in [5.41, 5.74) is 0.723. The predicted octanol–water partition coefficient (Wildman–Crippen LogP) is 3.90. The van der Waals surface area contributed by atoms with Gasteiger partial charge in [0.05, 0.1) is 52.9 Å². The molecule has 2 aromatic carbocycles. The normalized spacial score (nSPS) is 10.8. The Morgan fingerprint density at radius 2 is 0.850 bits per heavy atom. The maximum Gasteiger partial charge on any atom is 0.333 e. The fraction of sp³-hybridized carbons (Fsp3) is 0.467. The monoisotopic (exact) mass is 560 g/mol. The fourth-order valence-corrected chi connectivity index (χ4v) is 3.20. The van der Waals surface area contributed by atoms with Crippen molar-refractivity contribution in [1.82, 2.24) is 0 Å². The van der Waals surface area contributed by atoms with E-state index in [1.807, 2.05) is 36.4 Å². The average Bonchev–Trinajstić information content (AvgIpc) is 2.94. The lowest BCUT2D eigenvalue weighted by atomic mass is 10.1. The minimum Gasteiger partial charge on any atom is -0.491 e. The van der Waals surface area contributed by atoms with Gasteiger partial charge < -0.3 is 37.9 Å². The van der Waals surface area contributed by atoms with Crippen molar-refractivity contribution in [2.24, 2.45) is 0 Å². The Balaban J connectivity index is 1.59. The second-order valence-electron chi connectivity index (χ2n) is 8.59. The van der Waals surface area contributed by atoms with Gasteiger partial charge in [0.15, 0.2) is 0 Å². The van der Waals surface area contributed by atoms with E-state index in [2.05, 4.69) is 13.2 Å². The SMILES string of the molecule is C=C(C)C(=O)OCCOCCOCCOc1cccc2c(OCCOCCOCCOC(=O)C(=C)C)cccc12. The summed E-state index contributed by atoms with van der Waals surface area (Å²) < 4.78 is 43.6. The summed E-state index contributed by atoms with van der Waals surface area (Å²) in [5, 5.41) is 1.88. The summed E-state index contributed by atoms with van der Waals surface area (Å²) in [6, 6.07) is 11.6. The maximum atomic E-state index is 11.3. The van der Waals surface area contributed by atoms with Crippen LogP contribution in [0.25, 0.3) is 10.8 Å². The van der Waals surface area contributed by atoms with Crippen LogP contribution in [0.3, 0.4) is 0 Å². The van der Waals surface area contributed by atoms with Crippen LogP contribution >= 0.6 is 0 Å². The Kier molecular flexibility index (Phi) is 16.1. The number of esters is 2. The zero-order valence-corrected chi connectivity index (χ0v) is 23.4. The first kappa shape index (κ1) is 32.8. The molecular formula is C30H40O10. The van der Waals surface area contributed by atoms with Crippen LogP contribution in [0, 0.1) is 0 Å². The van der Waals surface area contributed by atoms with E-state index in [1.54, 1.807) is 13.8 Å². The van der Waals surface area contributed by atoms with Gasteiger partial charge in [0.1, 0.15) is 37.9 Å². The van der Waals surface area contributed by atoms with E-state index in [1.165, 1.54) is 0 Å². The molecule has 0 bridgehead atoms. The molecule has 0 fully saturated rings. The number of rotatable bonds is 22. The van der Waals surface area contributed by atoms with Crippen LogP contribution in [0.4, 0.5) is 0 Å². The number of ether oxygens (including phenoxy) is 8. The molecule has 2 rings (SSSR count). The van der Waals surface area contributed by atoms with Gasteiger partial charge in [0, 0.05) is 21.9 Å². The van der Waals surface area contributed by atoms with Crippen LogP contribution in [0.1, 0.15) is 13.8 Å². The molecule has 0 radical (unpaired) electrons. The second-order valence-corrected chi connectivity index (χ2v) is 8.59. The summed E-state index contributed by atoms with van der Waals surface area (Å²) in [5.74, 6) is 0.636. The molecule has 0 amide bonds. The molecule has 0 aliphatic heterocycles. The van der Waals surface area contributed by atoms with Crippen molar-refractivity contribution < 1.29 is 47.5 Å². The highest BCUT2D eigenvalue weighted by Crippen LogP contribution is 2.32. The van der Waals surface area contributed by atoms with E-state index >= 15 is 0 Å². The van der Waals surface area contributed by atoms with Gasteiger partial charge in [0.2, 0.25) is 0 Å². The molecule has 220 valence electrons. The standard InChI is InChI=1S/C30H40O10/c1-23(2)29(31)39-21-17-35-13-11-33-15-19-37-27-9-5-8-26-25(27)7-6-10-28(26)38-20-16-34-12-14-36-18-22-40-30(32)24(3)4/h5-10H,1,3,11-22H2,2,4H3. The van der Waals surface area contributed by atoms with E-state index in [0.29, 0.717) is 77.2 Å². The molecule has 0 heterocycles. The topological polar surface area (TPSA) is 108 Å². The van der Waals surface area contributed by atoms with Gasteiger partial charge in [-0.2, -0.15) is 0 Å². The summed E-state index contributed by atoms with van der Waals surface area (Å²) in [6.07, 6.45) is 0. The quantitative estimate of drug-likeness (QED) is 0.120. The summed E-state index contributed by atoms with van der Waals surface area (Å²) >= 11 is 0. The number of benzene rings is 2. The largest absolute Gasteiger partial charge is 0.491 e. The molecule has 0 saturated carbocycles. The number of hydrogen-bond acceptors (Lipinski definition) is 10. The van der Waals surface area contributed by atoms with Gasteiger partial charge in [-0.1, -0.05) is 37.4 Å². The Hall–Kier alpha value is -3.44. The van der Waals surface area contributed by atoms with Crippen LogP contribution in [-0.4, -0.2) is 91.2 Å². The molecule has 2 aromatic rings. The summed E-state index contributed by atoms with van der Waals surface area (Å²) in [6.45, 7) is 14.4. The highest BCUT2D eigenvalue weighted by molar-refractivity contribution is 5.93. The van der Waals surface area contributed by atoms with Gasteiger partial charge in [-0.25, -0.2) is 9.59 Å². The van der Waals surface area contributed by atoms with Gasteiger partial charge in [-0.15, -0.1) is 0 Å². The van der Waals surface area contributed by atoms with Crippen LogP contribution in [0.15, 0.2) is 60.7 Å². The number of carbonyl (C=O) groups is 2. The third-order valence-electron chi connectivity index (χ3n) is 5.18. The lowest BCUT2D eigenvalue weighted by Gasteiger charge is -2.13. The molecule has 0 unspecified atom stereocenters. The van der Waals surface area contributed by atoms with E-state index in [9.17, 15) is 9.59 Å². The van der Waals surface area contributed by atoms with Crippen molar-refractivity contribution in [3.8, 4) is 11.5 Å². The first-order chi connectivity index (χ1) is 19.4. The van der Waals surface area contributed by atoms with Gasteiger partial charge in [-0.05, 0) is 26.0 Å². The minimum atomic E-state index is -0.422. The lowest BCUT2D eigenvalue weighted by Crippen LogP contribution is -2.14. The smallest absolute Gasteiger partial charge is 0.333 e. The summed E-state index contributed by atoms with van der Waals surface area (Å²) in [7, 11) is 0. The van der Waals surface area contributed by atoms with Crippen molar-refractivity contribution in [3.63, 3.8) is 0 Å². The van der Waals surface area contributed by atoms with Crippen LogP contribution in [-0.2, 0) is 38.0 Å². The van der Waals surface area contributed by atoms with Crippen molar-refractivity contribution in [2.75, 3.05) is 79.3 Å². The molecule has 0 spiro atoms. The third-order valence-corrected chi connectivity index (χ3v) is 5.18. The maximum absolute atomic E-state index is 11.3. The average molecular weight is 561 g/mol. The molecule has 0 N–H and O–H groups in total. The van der Waals surface area contributed by atoms with Crippen molar-refractivity contribution >= 4 is 22.7 Å². The Morgan fingerprint density at radius 3 is 1.20 bits per heavy atom. The highest BCUT2D eigenvalue weighted by Gasteiger charge is 2.08. The molecule has 10 nitrogen and oxygen atoms in total. The zero-order valence-electron chi connectivity index (χ0n) is 23.4. The Bertz CT molecular complexity index is 996. The highest BCUT2D eigenvalue weighted by atomic mass is 16.6. The molecule has 0 aliphatic rings. The van der Waals surface area contributed by atoms with Crippen molar-refractivity contribution in [3.05, 3.63) is 60.7 Å². The van der Waals surface area contributed by atoms with Gasteiger partial charge in [0.25, 0.3) is 0 Å². The summed E-state index contributed by atoms with van der Waals surface area (Å²) in [4.78, 5) is 22.5. The Morgan fingerprint density at radius 1 is 0.525 bits per heavy atom. The molecular weight excluding hydrogens is 520 g/mol. The van der Waals surface area contributed by atoms with E-state index in [-0.39, 0.29) is 13.2 Å². The second kappa shape index (κ2) is 19.6. The fourth-order valence-electron chi connectivity index (χ4n) is 3.20. The van der Waals surface area contributed by atoms with Gasteiger partial charge >= 0.3 is 11.9 Å². The minimum absolute atomic E-state index is 0.182. The van der Waals surface area contributed by atoms with Gasteiger partial charge in [-0.3, -0.25) is 0 Å².